The van der Waals surface area contributed by atoms with Crippen LogP contribution in [0.15, 0.2) is 0 Å². The first-order valence-corrected chi connectivity index (χ1v) is 4.32. The highest BCUT2D eigenvalue weighted by molar-refractivity contribution is 5.79. The van der Waals surface area contributed by atoms with Crippen LogP contribution in [0.1, 0.15) is 6.42 Å². The molecule has 0 bridgehead atoms. The van der Waals surface area contributed by atoms with Gasteiger partial charge in [0.05, 0.1) is 12.5 Å². The highest BCUT2D eigenvalue weighted by atomic mass is 16.5. The predicted molar refractivity (Wildman–Crippen MR) is 43.7 cm³/mol. The highest BCUT2D eigenvalue weighted by Crippen LogP contribution is 2.35. The van der Waals surface area contributed by atoms with E-state index >= 15 is 0 Å². The number of hydrogen-bond acceptors (Lipinski definition) is 4. The summed E-state index contributed by atoms with van der Waals surface area (Å²) in [7, 11) is 1.46. The molecule has 68 valence electrons. The van der Waals surface area contributed by atoms with Gasteiger partial charge in [0.15, 0.2) is 0 Å². The van der Waals surface area contributed by atoms with Gasteiger partial charge in [-0.05, 0) is 13.0 Å². The van der Waals surface area contributed by atoms with Gasteiger partial charge in [0.1, 0.15) is 0 Å². The maximum atomic E-state index is 11.5. The number of carbonyl (C=O) groups excluding carboxylic acids is 1. The minimum Gasteiger partial charge on any atom is -0.469 e. The lowest BCUT2D eigenvalue weighted by atomic mass is 9.83. The van der Waals surface area contributed by atoms with Crippen molar-refractivity contribution < 1.29 is 9.53 Å². The summed E-state index contributed by atoms with van der Waals surface area (Å²) >= 11 is 0. The first kappa shape index (κ1) is 8.01. The SMILES string of the molecule is COC(=O)[C@]12CCN[C@H]1CNC2. The van der Waals surface area contributed by atoms with E-state index < -0.39 is 0 Å². The Bertz CT molecular complexity index is 195. The summed E-state index contributed by atoms with van der Waals surface area (Å²) in [5.41, 5.74) is -0.269. The van der Waals surface area contributed by atoms with Crippen molar-refractivity contribution in [2.75, 3.05) is 26.7 Å². The summed E-state index contributed by atoms with van der Waals surface area (Å²) in [6.07, 6.45) is 0.900. The molecule has 2 aliphatic heterocycles. The number of carbonyl (C=O) groups is 1. The summed E-state index contributed by atoms with van der Waals surface area (Å²) in [6.45, 7) is 2.58. The fraction of sp³-hybridized carbons (Fsp3) is 0.875. The van der Waals surface area contributed by atoms with Crippen LogP contribution in [0, 0.1) is 5.41 Å². The zero-order valence-electron chi connectivity index (χ0n) is 7.22. The van der Waals surface area contributed by atoms with E-state index in [1.807, 2.05) is 0 Å². The molecular weight excluding hydrogens is 156 g/mol. The van der Waals surface area contributed by atoms with Gasteiger partial charge < -0.3 is 15.4 Å². The Balaban J connectivity index is 2.21. The fourth-order valence-corrected chi connectivity index (χ4v) is 2.28. The van der Waals surface area contributed by atoms with Crippen molar-refractivity contribution in [3.8, 4) is 0 Å². The Hall–Kier alpha value is -0.610. The van der Waals surface area contributed by atoms with E-state index in [1.165, 1.54) is 7.11 Å². The minimum absolute atomic E-state index is 0.0671. The molecule has 0 aromatic rings. The zero-order valence-corrected chi connectivity index (χ0v) is 7.22. The molecule has 2 aliphatic rings. The number of ether oxygens (including phenoxy) is 1. The second-order valence-corrected chi connectivity index (χ2v) is 3.54. The van der Waals surface area contributed by atoms with Crippen molar-refractivity contribution in [1.29, 1.82) is 0 Å². The molecule has 2 rings (SSSR count). The van der Waals surface area contributed by atoms with Crippen molar-refractivity contribution in [2.45, 2.75) is 12.5 Å². The fourth-order valence-electron chi connectivity index (χ4n) is 2.28. The van der Waals surface area contributed by atoms with Crippen LogP contribution < -0.4 is 10.6 Å². The third-order valence-corrected chi connectivity index (χ3v) is 3.01. The quantitative estimate of drug-likeness (QED) is 0.501. The molecule has 2 N–H and O–H groups in total. The van der Waals surface area contributed by atoms with Crippen LogP contribution in [0.2, 0.25) is 0 Å². The number of methoxy groups -OCH3 is 1. The zero-order chi connectivity index (χ0) is 8.60. The molecule has 2 saturated heterocycles. The van der Waals surface area contributed by atoms with Crippen LogP contribution in [0.25, 0.3) is 0 Å². The first-order valence-electron chi connectivity index (χ1n) is 4.32. The van der Waals surface area contributed by atoms with Gasteiger partial charge in [-0.25, -0.2) is 0 Å². The highest BCUT2D eigenvalue weighted by Gasteiger charge is 2.52. The maximum Gasteiger partial charge on any atom is 0.314 e. The van der Waals surface area contributed by atoms with Crippen LogP contribution in [0.4, 0.5) is 0 Å². The van der Waals surface area contributed by atoms with Gasteiger partial charge in [-0.2, -0.15) is 0 Å². The van der Waals surface area contributed by atoms with Crippen LogP contribution in [0.5, 0.6) is 0 Å². The van der Waals surface area contributed by atoms with Crippen LogP contribution in [-0.4, -0.2) is 38.8 Å². The van der Waals surface area contributed by atoms with Crippen LogP contribution >= 0.6 is 0 Å². The van der Waals surface area contributed by atoms with Crippen molar-refractivity contribution in [2.24, 2.45) is 5.41 Å². The Morgan fingerprint density at radius 3 is 3.25 bits per heavy atom. The van der Waals surface area contributed by atoms with Crippen molar-refractivity contribution >= 4 is 5.97 Å². The topological polar surface area (TPSA) is 50.4 Å². The molecule has 0 aromatic carbocycles. The van der Waals surface area contributed by atoms with E-state index in [-0.39, 0.29) is 17.4 Å². The molecule has 0 unspecified atom stereocenters. The molecule has 4 heteroatoms. The van der Waals surface area contributed by atoms with Gasteiger partial charge in [0.25, 0.3) is 0 Å². The van der Waals surface area contributed by atoms with E-state index in [0.717, 1.165) is 26.1 Å². The molecule has 4 nitrogen and oxygen atoms in total. The maximum absolute atomic E-state index is 11.5. The number of rotatable bonds is 1. The Morgan fingerprint density at radius 2 is 2.50 bits per heavy atom. The normalized spacial score (nSPS) is 39.6. The molecule has 0 spiro atoms. The van der Waals surface area contributed by atoms with Gasteiger partial charge in [-0.1, -0.05) is 0 Å². The second-order valence-electron chi connectivity index (χ2n) is 3.54. The van der Waals surface area contributed by atoms with E-state index in [4.69, 9.17) is 4.74 Å². The minimum atomic E-state index is -0.269. The molecule has 2 fully saturated rings. The van der Waals surface area contributed by atoms with E-state index in [0.29, 0.717) is 0 Å². The predicted octanol–water partition coefficient (Wildman–Crippen LogP) is -0.889. The van der Waals surface area contributed by atoms with Crippen molar-refractivity contribution in [1.82, 2.24) is 10.6 Å². The molecule has 0 aliphatic carbocycles. The van der Waals surface area contributed by atoms with Crippen molar-refractivity contribution in [3.63, 3.8) is 0 Å². The Labute approximate surface area is 71.7 Å². The van der Waals surface area contributed by atoms with Crippen LogP contribution in [0.3, 0.4) is 0 Å². The smallest absolute Gasteiger partial charge is 0.314 e. The number of fused-ring (bicyclic) bond motifs is 1. The molecule has 0 radical (unpaired) electrons. The summed E-state index contributed by atoms with van der Waals surface area (Å²) in [5.74, 6) is -0.0671. The lowest BCUT2D eigenvalue weighted by Gasteiger charge is -2.23. The second kappa shape index (κ2) is 2.71. The third kappa shape index (κ3) is 0.881. The summed E-state index contributed by atoms with van der Waals surface area (Å²) in [6, 6.07) is 0.282. The molecule has 12 heavy (non-hydrogen) atoms. The number of hydrogen-bond donors (Lipinski definition) is 2. The molecule has 2 heterocycles. The molecule has 0 aromatic heterocycles. The van der Waals surface area contributed by atoms with E-state index in [2.05, 4.69) is 10.6 Å². The number of nitrogens with one attached hydrogen (secondary N) is 2. The van der Waals surface area contributed by atoms with Gasteiger partial charge in [0, 0.05) is 19.1 Å². The summed E-state index contributed by atoms with van der Waals surface area (Å²) in [5, 5.41) is 6.53. The molecule has 0 saturated carbocycles. The lowest BCUT2D eigenvalue weighted by molar-refractivity contribution is -0.151. The average molecular weight is 170 g/mol. The van der Waals surface area contributed by atoms with E-state index in [1.54, 1.807) is 0 Å². The van der Waals surface area contributed by atoms with Crippen LogP contribution in [-0.2, 0) is 9.53 Å². The number of esters is 1. The van der Waals surface area contributed by atoms with Gasteiger partial charge in [-0.15, -0.1) is 0 Å². The van der Waals surface area contributed by atoms with Gasteiger partial charge in [-0.3, -0.25) is 4.79 Å². The molecular formula is C8H14N2O2. The Morgan fingerprint density at radius 1 is 1.67 bits per heavy atom. The van der Waals surface area contributed by atoms with Gasteiger partial charge >= 0.3 is 5.97 Å². The first-order chi connectivity index (χ1) is 5.79. The monoisotopic (exact) mass is 170 g/mol. The summed E-state index contributed by atoms with van der Waals surface area (Å²) in [4.78, 5) is 11.5. The van der Waals surface area contributed by atoms with E-state index in [9.17, 15) is 4.79 Å². The largest absolute Gasteiger partial charge is 0.469 e. The Kier molecular flexibility index (Phi) is 1.81. The standard InChI is InChI=1S/C8H14N2O2/c1-12-7(11)8-2-3-10-6(8)4-9-5-8/h6,9-10H,2-5H2,1H3/t6-,8-/m0/s1. The lowest BCUT2D eigenvalue weighted by Crippen LogP contribution is -2.42. The third-order valence-electron chi connectivity index (χ3n) is 3.01. The average Bonchev–Trinajstić information content (AvgIpc) is 2.60. The summed E-state index contributed by atoms with van der Waals surface area (Å²) < 4.78 is 4.82. The molecule has 2 atom stereocenters. The van der Waals surface area contributed by atoms with Gasteiger partial charge in [0.2, 0.25) is 0 Å². The molecule has 0 amide bonds. The van der Waals surface area contributed by atoms with Crippen molar-refractivity contribution in [3.05, 3.63) is 0 Å².